The number of nitrogens with zero attached hydrogens (tertiary/aromatic N) is 3. The van der Waals surface area contributed by atoms with Crippen molar-refractivity contribution in [3.05, 3.63) is 65.4 Å². The fourth-order valence-electron chi connectivity index (χ4n) is 3.50. The molecule has 3 aromatic rings. The van der Waals surface area contributed by atoms with Gasteiger partial charge in [0.15, 0.2) is 0 Å². The molecule has 0 aliphatic carbocycles. The van der Waals surface area contributed by atoms with Crippen LogP contribution >= 0.6 is 0 Å². The molecule has 160 valence electrons. The van der Waals surface area contributed by atoms with Gasteiger partial charge < -0.3 is 14.5 Å². The summed E-state index contributed by atoms with van der Waals surface area (Å²) in [5.74, 6) is 0.505. The number of anilines is 1. The van der Waals surface area contributed by atoms with Gasteiger partial charge in [0.05, 0.1) is 11.5 Å². The van der Waals surface area contributed by atoms with E-state index in [9.17, 15) is 13.7 Å². The number of nitriles is 1. The van der Waals surface area contributed by atoms with Crippen LogP contribution in [-0.4, -0.2) is 44.5 Å². The molecule has 8 nitrogen and oxygen atoms in total. The third kappa shape index (κ3) is 4.32. The van der Waals surface area contributed by atoms with Crippen LogP contribution in [0.4, 0.5) is 5.88 Å². The van der Waals surface area contributed by atoms with Gasteiger partial charge in [-0.05, 0) is 41.8 Å². The Morgan fingerprint density at radius 2 is 1.94 bits per heavy atom. The number of rotatable bonds is 7. The van der Waals surface area contributed by atoms with Crippen molar-refractivity contribution in [2.75, 3.05) is 32.1 Å². The maximum absolute atomic E-state index is 13.1. The second-order valence-electron chi connectivity index (χ2n) is 7.11. The maximum Gasteiger partial charge on any atom is 0.243 e. The van der Waals surface area contributed by atoms with Crippen LogP contribution in [-0.2, 0) is 27.7 Å². The molecule has 1 N–H and O–H groups in total. The Hall–Kier alpha value is -3.19. The van der Waals surface area contributed by atoms with E-state index < -0.39 is 10.0 Å². The topological polar surface area (TPSA) is 108 Å². The number of aromatic nitrogens is 1. The second-order valence-corrected chi connectivity index (χ2v) is 9.05. The first-order chi connectivity index (χ1) is 15.0. The highest BCUT2D eigenvalue weighted by molar-refractivity contribution is 7.89. The Kier molecular flexibility index (Phi) is 6.04. The Labute approximate surface area is 181 Å². The SMILES string of the molecule is COCCNc1oc(-c2ccc(S(=O)(=O)N3CCc4ccccc4C3)cc2)nc1C#N. The smallest absolute Gasteiger partial charge is 0.243 e. The molecule has 9 heteroatoms. The van der Waals surface area contributed by atoms with Crippen LogP contribution < -0.4 is 5.32 Å². The Morgan fingerprint density at radius 3 is 2.65 bits per heavy atom. The molecule has 0 atom stereocenters. The van der Waals surface area contributed by atoms with Crippen LogP contribution in [0.3, 0.4) is 0 Å². The maximum atomic E-state index is 13.1. The van der Waals surface area contributed by atoms with Crippen molar-refractivity contribution in [1.29, 1.82) is 5.26 Å². The molecule has 1 aliphatic rings. The number of hydrogen-bond acceptors (Lipinski definition) is 7. The summed E-state index contributed by atoms with van der Waals surface area (Å²) in [6, 6.07) is 16.2. The average Bonchev–Trinajstić information content (AvgIpc) is 3.22. The van der Waals surface area contributed by atoms with Gasteiger partial charge in [0.1, 0.15) is 6.07 Å². The molecule has 4 rings (SSSR count). The molecule has 0 saturated carbocycles. The number of fused-ring (bicyclic) bond motifs is 1. The summed E-state index contributed by atoms with van der Waals surface area (Å²) in [6.07, 6.45) is 0.694. The van der Waals surface area contributed by atoms with Gasteiger partial charge >= 0.3 is 0 Å². The van der Waals surface area contributed by atoms with Crippen LogP contribution in [0, 0.1) is 11.3 Å². The van der Waals surface area contributed by atoms with Crippen LogP contribution in [0.1, 0.15) is 16.8 Å². The van der Waals surface area contributed by atoms with Gasteiger partial charge in [0, 0.05) is 32.3 Å². The van der Waals surface area contributed by atoms with Crippen LogP contribution in [0.15, 0.2) is 57.8 Å². The molecule has 0 fully saturated rings. The van der Waals surface area contributed by atoms with E-state index in [1.165, 1.54) is 9.87 Å². The summed E-state index contributed by atoms with van der Waals surface area (Å²) in [5.41, 5.74) is 2.94. The molecule has 0 saturated heterocycles. The molecule has 2 heterocycles. The van der Waals surface area contributed by atoms with Gasteiger partial charge in [-0.25, -0.2) is 8.42 Å². The van der Waals surface area contributed by atoms with Crippen LogP contribution in [0.5, 0.6) is 0 Å². The first-order valence-electron chi connectivity index (χ1n) is 9.84. The summed E-state index contributed by atoms with van der Waals surface area (Å²) in [5, 5.41) is 12.2. The Morgan fingerprint density at radius 1 is 1.19 bits per heavy atom. The Bertz CT molecular complexity index is 1210. The fourth-order valence-corrected chi connectivity index (χ4v) is 4.92. The number of sulfonamides is 1. The van der Waals surface area contributed by atoms with E-state index in [0.29, 0.717) is 38.2 Å². The summed E-state index contributed by atoms with van der Waals surface area (Å²) < 4.78 is 38.4. The zero-order chi connectivity index (χ0) is 21.8. The normalized spacial score (nSPS) is 14.1. The molecule has 2 aromatic carbocycles. The molecular weight excluding hydrogens is 416 g/mol. The fraction of sp³-hybridized carbons (Fsp3) is 0.273. The lowest BCUT2D eigenvalue weighted by atomic mass is 10.0. The monoisotopic (exact) mass is 438 g/mol. The first kappa shape index (κ1) is 21.1. The quantitative estimate of drug-likeness (QED) is 0.565. The molecule has 0 unspecified atom stereocenters. The lowest BCUT2D eigenvalue weighted by Crippen LogP contribution is -2.35. The zero-order valence-corrected chi connectivity index (χ0v) is 17.9. The summed E-state index contributed by atoms with van der Waals surface area (Å²) in [7, 11) is -2.04. The largest absolute Gasteiger partial charge is 0.419 e. The minimum absolute atomic E-state index is 0.134. The van der Waals surface area contributed by atoms with Crippen molar-refractivity contribution in [3.63, 3.8) is 0 Å². The summed E-state index contributed by atoms with van der Waals surface area (Å²) in [6.45, 7) is 1.73. The predicted octanol–water partition coefficient (Wildman–Crippen LogP) is 3.02. The lowest BCUT2D eigenvalue weighted by Gasteiger charge is -2.28. The van der Waals surface area contributed by atoms with Gasteiger partial charge in [-0.3, -0.25) is 0 Å². The van der Waals surface area contributed by atoms with Gasteiger partial charge in [-0.15, -0.1) is 0 Å². The van der Waals surface area contributed by atoms with Crippen molar-refractivity contribution in [2.45, 2.75) is 17.9 Å². The molecule has 31 heavy (non-hydrogen) atoms. The first-order valence-corrected chi connectivity index (χ1v) is 11.3. The molecular formula is C22H22N4O4S. The standard InChI is InChI=1S/C22H22N4O4S/c1-29-13-11-24-22-20(14-23)25-21(30-22)17-6-8-19(9-7-17)31(27,28)26-12-10-16-4-2-3-5-18(16)15-26/h2-9,24H,10-13,15H2,1H3. The highest BCUT2D eigenvalue weighted by atomic mass is 32.2. The van der Waals surface area contributed by atoms with Crippen molar-refractivity contribution >= 4 is 15.9 Å². The molecule has 1 aromatic heterocycles. The van der Waals surface area contributed by atoms with Gasteiger partial charge in [-0.1, -0.05) is 24.3 Å². The minimum Gasteiger partial charge on any atom is -0.419 e. The number of hydrogen-bond donors (Lipinski definition) is 1. The second kappa shape index (κ2) is 8.89. The van der Waals surface area contributed by atoms with Crippen molar-refractivity contribution < 1.29 is 17.6 Å². The summed E-state index contributed by atoms with van der Waals surface area (Å²) in [4.78, 5) is 4.40. The van der Waals surface area contributed by atoms with E-state index in [-0.39, 0.29) is 22.4 Å². The van der Waals surface area contributed by atoms with Crippen molar-refractivity contribution in [1.82, 2.24) is 9.29 Å². The predicted molar refractivity (Wildman–Crippen MR) is 115 cm³/mol. The van der Waals surface area contributed by atoms with E-state index >= 15 is 0 Å². The third-order valence-corrected chi connectivity index (χ3v) is 7.02. The van der Waals surface area contributed by atoms with Crippen molar-refractivity contribution in [3.8, 4) is 17.5 Å². The van der Waals surface area contributed by atoms with Crippen molar-refractivity contribution in [2.24, 2.45) is 0 Å². The zero-order valence-electron chi connectivity index (χ0n) is 17.0. The highest BCUT2D eigenvalue weighted by Crippen LogP contribution is 2.28. The highest BCUT2D eigenvalue weighted by Gasteiger charge is 2.28. The molecule has 1 aliphatic heterocycles. The number of nitrogens with one attached hydrogen (secondary N) is 1. The van der Waals surface area contributed by atoms with Gasteiger partial charge in [0.2, 0.25) is 27.5 Å². The number of oxazole rings is 1. The molecule has 0 spiro atoms. The van der Waals surface area contributed by atoms with Gasteiger partial charge in [-0.2, -0.15) is 14.6 Å². The lowest BCUT2D eigenvalue weighted by molar-refractivity contribution is 0.210. The van der Waals surface area contributed by atoms with E-state index in [2.05, 4.69) is 10.3 Å². The minimum atomic E-state index is -3.62. The van der Waals surface area contributed by atoms with Gasteiger partial charge in [0.25, 0.3) is 0 Å². The van der Waals surface area contributed by atoms with E-state index in [1.54, 1.807) is 31.4 Å². The van der Waals surface area contributed by atoms with E-state index in [0.717, 1.165) is 5.56 Å². The number of ether oxygens (including phenoxy) is 1. The molecule has 0 bridgehead atoms. The van der Waals surface area contributed by atoms with E-state index in [1.807, 2.05) is 30.3 Å². The molecule has 0 radical (unpaired) electrons. The Balaban J connectivity index is 1.54. The van der Waals surface area contributed by atoms with Crippen LogP contribution in [0.2, 0.25) is 0 Å². The number of benzene rings is 2. The van der Waals surface area contributed by atoms with E-state index in [4.69, 9.17) is 9.15 Å². The average molecular weight is 439 g/mol. The third-order valence-electron chi connectivity index (χ3n) is 5.16. The number of methoxy groups -OCH3 is 1. The van der Waals surface area contributed by atoms with Crippen LogP contribution in [0.25, 0.3) is 11.5 Å². The molecule has 0 amide bonds. The summed E-state index contributed by atoms with van der Waals surface area (Å²) >= 11 is 0.